The van der Waals surface area contributed by atoms with Gasteiger partial charge in [0, 0.05) is 24.1 Å². The molecule has 0 saturated carbocycles. The van der Waals surface area contributed by atoms with Gasteiger partial charge in [-0.1, -0.05) is 72.4 Å². The molecular weight excluding hydrogens is 382 g/mol. The van der Waals surface area contributed by atoms with Crippen LogP contribution >= 0.6 is 11.8 Å². The number of carboxylic acid groups (broad SMARTS) is 1. The number of hydrogen-bond donors (Lipinski definition) is 1. The highest BCUT2D eigenvalue weighted by Crippen LogP contribution is 2.59. The molecule has 2 aliphatic heterocycles. The van der Waals surface area contributed by atoms with Crippen molar-refractivity contribution in [2.45, 2.75) is 12.3 Å². The number of aliphatic carboxylic acids is 1. The number of carbonyl (C=O) groups is 2. The molecule has 1 saturated heterocycles. The van der Waals surface area contributed by atoms with Crippen molar-refractivity contribution >= 4 is 29.3 Å². The number of para-hydroxylation sites is 1. The summed E-state index contributed by atoms with van der Waals surface area (Å²) in [5.41, 5.74) is 0.219. The number of rotatable bonds is 3. The lowest BCUT2D eigenvalue weighted by Gasteiger charge is -2.44. The Bertz CT molecular complexity index is 1050. The first kappa shape index (κ1) is 18.3. The van der Waals surface area contributed by atoms with Gasteiger partial charge in [-0.15, -0.1) is 0 Å². The van der Waals surface area contributed by atoms with Gasteiger partial charge in [-0.05, 0) is 34.4 Å². The van der Waals surface area contributed by atoms with Crippen LogP contribution in [-0.4, -0.2) is 23.5 Å². The monoisotopic (exact) mass is 403 g/mol. The average Bonchev–Trinajstić information content (AvgIpc) is 3.26. The number of amides is 1. The predicted molar refractivity (Wildman–Crippen MR) is 114 cm³/mol. The third-order valence-corrected chi connectivity index (χ3v) is 7.46. The molecule has 0 bridgehead atoms. The SMILES string of the molecule is CC1=C[C@@H]2C(=C[C@@H]3CN(c4ccccc4)C(=O)[C@H]3[C@]2(C(=O)O)c2ccccc2)S1. The average molecular weight is 404 g/mol. The van der Waals surface area contributed by atoms with Gasteiger partial charge in [-0.25, -0.2) is 0 Å². The van der Waals surface area contributed by atoms with Crippen LogP contribution in [0.2, 0.25) is 0 Å². The molecule has 146 valence electrons. The summed E-state index contributed by atoms with van der Waals surface area (Å²) in [5, 5.41) is 10.7. The third kappa shape index (κ3) is 2.53. The molecule has 2 aromatic rings. The van der Waals surface area contributed by atoms with E-state index in [-0.39, 0.29) is 17.7 Å². The van der Waals surface area contributed by atoms with Crippen LogP contribution in [0.3, 0.4) is 0 Å². The van der Waals surface area contributed by atoms with E-state index in [1.807, 2.05) is 73.7 Å². The molecule has 5 heteroatoms. The molecule has 2 aromatic carbocycles. The Balaban J connectivity index is 1.72. The van der Waals surface area contributed by atoms with Crippen LogP contribution in [0.1, 0.15) is 12.5 Å². The second-order valence-corrected chi connectivity index (χ2v) is 9.21. The van der Waals surface area contributed by atoms with Crippen molar-refractivity contribution in [2.24, 2.45) is 17.8 Å². The quantitative estimate of drug-likeness (QED) is 0.823. The highest BCUT2D eigenvalue weighted by molar-refractivity contribution is 8.07. The largest absolute Gasteiger partial charge is 0.481 e. The van der Waals surface area contributed by atoms with E-state index in [4.69, 9.17) is 0 Å². The third-order valence-electron chi connectivity index (χ3n) is 6.37. The topological polar surface area (TPSA) is 57.6 Å². The second-order valence-electron chi connectivity index (χ2n) is 7.89. The van der Waals surface area contributed by atoms with Gasteiger partial charge in [0.2, 0.25) is 5.91 Å². The van der Waals surface area contributed by atoms with Crippen molar-refractivity contribution in [3.63, 3.8) is 0 Å². The fourth-order valence-corrected chi connectivity index (χ4v) is 6.44. The van der Waals surface area contributed by atoms with Crippen molar-refractivity contribution in [2.75, 3.05) is 11.4 Å². The number of carboxylic acids is 1. The van der Waals surface area contributed by atoms with Crippen LogP contribution in [0.4, 0.5) is 5.69 Å². The van der Waals surface area contributed by atoms with E-state index in [0.717, 1.165) is 15.5 Å². The number of hydrogen-bond acceptors (Lipinski definition) is 3. The van der Waals surface area contributed by atoms with E-state index < -0.39 is 17.3 Å². The highest BCUT2D eigenvalue weighted by atomic mass is 32.2. The minimum atomic E-state index is -1.30. The van der Waals surface area contributed by atoms with E-state index >= 15 is 0 Å². The van der Waals surface area contributed by atoms with E-state index in [1.54, 1.807) is 16.7 Å². The smallest absolute Gasteiger partial charge is 0.315 e. The molecular formula is C24H21NO3S. The van der Waals surface area contributed by atoms with Gasteiger partial charge in [0.15, 0.2) is 0 Å². The summed E-state index contributed by atoms with van der Waals surface area (Å²) in [6.07, 6.45) is 4.18. The van der Waals surface area contributed by atoms with Crippen molar-refractivity contribution < 1.29 is 14.7 Å². The maximum Gasteiger partial charge on any atom is 0.315 e. The molecule has 1 aliphatic carbocycles. The normalized spacial score (nSPS) is 30.4. The fourth-order valence-electron chi connectivity index (χ4n) is 5.24. The van der Waals surface area contributed by atoms with E-state index in [2.05, 4.69) is 6.08 Å². The van der Waals surface area contributed by atoms with Gasteiger partial charge >= 0.3 is 5.97 Å². The number of nitrogens with zero attached hydrogens (tertiary/aromatic N) is 1. The van der Waals surface area contributed by atoms with Gasteiger partial charge in [0.05, 0.1) is 5.92 Å². The Hall–Kier alpha value is -2.79. The summed E-state index contributed by atoms with van der Waals surface area (Å²) >= 11 is 1.64. The zero-order chi connectivity index (χ0) is 20.2. The predicted octanol–water partition coefficient (Wildman–Crippen LogP) is 4.45. The lowest BCUT2D eigenvalue weighted by atomic mass is 9.56. The summed E-state index contributed by atoms with van der Waals surface area (Å²) in [5.74, 6) is -2.14. The Kier molecular flexibility index (Phi) is 4.17. The van der Waals surface area contributed by atoms with Crippen LogP contribution < -0.4 is 4.90 Å². The van der Waals surface area contributed by atoms with Crippen molar-refractivity contribution in [3.05, 3.63) is 88.2 Å². The number of allylic oxidation sites excluding steroid dienone is 3. The van der Waals surface area contributed by atoms with Crippen molar-refractivity contribution in [1.29, 1.82) is 0 Å². The number of benzene rings is 2. The minimum Gasteiger partial charge on any atom is -0.481 e. The summed E-state index contributed by atoms with van der Waals surface area (Å²) in [6.45, 7) is 2.51. The molecule has 29 heavy (non-hydrogen) atoms. The molecule has 0 aromatic heterocycles. The molecule has 4 atom stereocenters. The molecule has 0 radical (unpaired) electrons. The summed E-state index contributed by atoms with van der Waals surface area (Å²) in [6, 6.07) is 18.9. The fraction of sp³-hybridized carbons (Fsp3) is 0.250. The van der Waals surface area contributed by atoms with Crippen LogP contribution in [0, 0.1) is 17.8 Å². The van der Waals surface area contributed by atoms with Crippen LogP contribution in [-0.2, 0) is 15.0 Å². The van der Waals surface area contributed by atoms with Gasteiger partial charge in [-0.3, -0.25) is 9.59 Å². The second kappa shape index (κ2) is 6.63. The highest BCUT2D eigenvalue weighted by Gasteiger charge is 2.64. The van der Waals surface area contributed by atoms with Gasteiger partial charge in [-0.2, -0.15) is 0 Å². The number of fused-ring (bicyclic) bond motifs is 2. The maximum atomic E-state index is 13.7. The molecule has 0 unspecified atom stereocenters. The molecule has 1 N–H and O–H groups in total. The summed E-state index contributed by atoms with van der Waals surface area (Å²) in [4.78, 5) is 30.6. The first-order valence-corrected chi connectivity index (χ1v) is 10.6. The van der Waals surface area contributed by atoms with E-state index in [0.29, 0.717) is 12.1 Å². The number of carbonyl (C=O) groups excluding carboxylic acids is 1. The molecule has 5 rings (SSSR count). The van der Waals surface area contributed by atoms with E-state index in [1.165, 1.54) is 0 Å². The molecule has 2 heterocycles. The number of anilines is 1. The molecule has 1 fully saturated rings. The molecule has 0 spiro atoms. The zero-order valence-electron chi connectivity index (χ0n) is 16.0. The standard InChI is InChI=1S/C24H21NO3S/c1-15-12-19-20(29-15)13-16-14-25(18-10-6-3-7-11-18)22(26)21(16)24(19,23(27)28)17-8-4-2-5-9-17/h2-13,16,19,21H,14H2,1H3,(H,27,28)/t16-,19-,21+,24+/m1/s1. The summed E-state index contributed by atoms with van der Waals surface area (Å²) in [7, 11) is 0. The summed E-state index contributed by atoms with van der Waals surface area (Å²) < 4.78 is 0. The lowest BCUT2D eigenvalue weighted by Crippen LogP contribution is -2.54. The van der Waals surface area contributed by atoms with Crippen LogP contribution in [0.5, 0.6) is 0 Å². The Morgan fingerprint density at radius 1 is 1.07 bits per heavy atom. The lowest BCUT2D eigenvalue weighted by molar-refractivity contribution is -0.151. The number of thioether (sulfide) groups is 1. The van der Waals surface area contributed by atoms with Gasteiger partial charge < -0.3 is 10.0 Å². The van der Waals surface area contributed by atoms with Crippen LogP contribution in [0.15, 0.2) is 82.6 Å². The van der Waals surface area contributed by atoms with Gasteiger partial charge in [0.25, 0.3) is 0 Å². The maximum absolute atomic E-state index is 13.7. The van der Waals surface area contributed by atoms with Crippen molar-refractivity contribution in [3.8, 4) is 0 Å². The van der Waals surface area contributed by atoms with Crippen LogP contribution in [0.25, 0.3) is 0 Å². The molecule has 3 aliphatic rings. The zero-order valence-corrected chi connectivity index (χ0v) is 16.8. The van der Waals surface area contributed by atoms with Gasteiger partial charge in [0.1, 0.15) is 5.41 Å². The Morgan fingerprint density at radius 3 is 2.38 bits per heavy atom. The first-order valence-electron chi connectivity index (χ1n) is 9.77. The van der Waals surface area contributed by atoms with Crippen molar-refractivity contribution in [1.82, 2.24) is 0 Å². The molecule has 4 nitrogen and oxygen atoms in total. The minimum absolute atomic E-state index is 0.106. The first-order chi connectivity index (χ1) is 14.0. The Morgan fingerprint density at radius 2 is 1.72 bits per heavy atom. The van der Waals surface area contributed by atoms with E-state index in [9.17, 15) is 14.7 Å². The Labute approximate surface area is 173 Å². The molecule has 1 amide bonds.